The van der Waals surface area contributed by atoms with Gasteiger partial charge in [0.1, 0.15) is 11.5 Å². The van der Waals surface area contributed by atoms with Gasteiger partial charge in [-0.1, -0.05) is 23.5 Å². The Morgan fingerprint density at radius 2 is 1.54 bits per heavy atom. The molecular weight excluding hydrogens is 546 g/mol. The van der Waals surface area contributed by atoms with Gasteiger partial charge in [0.05, 0.1) is 63.4 Å². The molecule has 0 aliphatic carbocycles. The highest BCUT2D eigenvalue weighted by Gasteiger charge is 2.42. The molecule has 2 amide bonds. The van der Waals surface area contributed by atoms with Crippen LogP contribution in [-0.4, -0.2) is 52.3 Å². The molecule has 1 aliphatic rings. The van der Waals surface area contributed by atoms with E-state index in [0.717, 1.165) is 15.8 Å². The van der Waals surface area contributed by atoms with E-state index in [1.807, 2.05) is 42.5 Å². The Morgan fingerprint density at radius 1 is 0.878 bits per heavy atom. The van der Waals surface area contributed by atoms with Crippen molar-refractivity contribution in [3.8, 4) is 28.7 Å². The van der Waals surface area contributed by atoms with E-state index in [1.165, 1.54) is 32.7 Å². The number of aromatic nitrogens is 1. The highest BCUT2D eigenvalue weighted by atomic mass is 32.1. The second-order valence-electron chi connectivity index (χ2n) is 9.35. The van der Waals surface area contributed by atoms with Crippen molar-refractivity contribution < 1.29 is 33.3 Å². The Balaban J connectivity index is 1.56. The predicted octanol–water partition coefficient (Wildman–Crippen LogP) is 5.46. The minimum Gasteiger partial charge on any atom is -0.497 e. The monoisotopic (exact) mass is 577 g/mol. The van der Waals surface area contributed by atoms with E-state index < -0.39 is 12.0 Å². The summed E-state index contributed by atoms with van der Waals surface area (Å²) in [7, 11) is 7.75. The molecule has 41 heavy (non-hydrogen) atoms. The molecule has 214 valence electrons. The number of hydrogen-bond donors (Lipinski definition) is 1. The Morgan fingerprint density at radius 3 is 2.15 bits per heavy atom. The Bertz CT molecular complexity index is 1550. The minimum atomic E-state index is -0.626. The van der Waals surface area contributed by atoms with Crippen LogP contribution in [0.4, 0.5) is 10.8 Å². The van der Waals surface area contributed by atoms with Crippen LogP contribution >= 0.6 is 11.3 Å². The third kappa shape index (κ3) is 5.45. The number of fused-ring (bicyclic) bond motifs is 1. The fourth-order valence-corrected chi connectivity index (χ4v) is 6.04. The van der Waals surface area contributed by atoms with Crippen molar-refractivity contribution >= 4 is 44.2 Å². The average molecular weight is 578 g/mol. The summed E-state index contributed by atoms with van der Waals surface area (Å²) >= 11 is 1.37. The summed E-state index contributed by atoms with van der Waals surface area (Å²) in [5.74, 6) is 1.65. The van der Waals surface area contributed by atoms with Crippen LogP contribution in [0.15, 0.2) is 54.6 Å². The summed E-state index contributed by atoms with van der Waals surface area (Å²) in [5.41, 5.74) is 2.06. The third-order valence-corrected chi connectivity index (χ3v) is 8.08. The first-order chi connectivity index (χ1) is 19.9. The van der Waals surface area contributed by atoms with E-state index in [4.69, 9.17) is 23.7 Å². The van der Waals surface area contributed by atoms with Crippen molar-refractivity contribution in [2.24, 2.45) is 5.92 Å². The molecule has 1 saturated heterocycles. The molecule has 0 bridgehead atoms. The van der Waals surface area contributed by atoms with Crippen LogP contribution in [0.25, 0.3) is 10.2 Å². The van der Waals surface area contributed by atoms with Gasteiger partial charge in [-0.25, -0.2) is 4.98 Å². The zero-order chi connectivity index (χ0) is 29.1. The largest absolute Gasteiger partial charge is 0.497 e. The molecule has 1 aliphatic heterocycles. The number of nitrogens with one attached hydrogen (secondary N) is 1. The van der Waals surface area contributed by atoms with Crippen LogP contribution in [0.2, 0.25) is 0 Å². The summed E-state index contributed by atoms with van der Waals surface area (Å²) in [6, 6.07) is 15.8. The average Bonchev–Trinajstić information content (AvgIpc) is 3.41. The van der Waals surface area contributed by atoms with Crippen molar-refractivity contribution in [1.82, 2.24) is 4.98 Å². The van der Waals surface area contributed by atoms with Gasteiger partial charge in [-0.15, -0.1) is 0 Å². The van der Waals surface area contributed by atoms with Crippen molar-refractivity contribution in [1.29, 1.82) is 0 Å². The molecule has 11 heteroatoms. The number of rotatable bonds is 9. The maximum atomic E-state index is 13.9. The first-order valence-electron chi connectivity index (χ1n) is 12.9. The first-order valence-corrected chi connectivity index (χ1v) is 13.7. The normalized spacial score (nSPS) is 16.8. The van der Waals surface area contributed by atoms with Crippen LogP contribution in [0, 0.1) is 5.92 Å². The molecule has 1 fully saturated rings. The highest BCUT2D eigenvalue weighted by Crippen LogP contribution is 2.46. The Kier molecular flexibility index (Phi) is 8.16. The van der Waals surface area contributed by atoms with Gasteiger partial charge in [0, 0.05) is 18.6 Å². The summed E-state index contributed by atoms with van der Waals surface area (Å²) in [4.78, 5) is 33.7. The van der Waals surface area contributed by atoms with Gasteiger partial charge < -0.3 is 33.9 Å². The molecule has 2 atom stereocenters. The quantitative estimate of drug-likeness (QED) is 0.279. The maximum absolute atomic E-state index is 13.9. The zero-order valence-electron chi connectivity index (χ0n) is 23.4. The molecule has 2 heterocycles. The number of carbonyl (C=O) groups excluding carboxylic acids is 2. The zero-order valence-corrected chi connectivity index (χ0v) is 24.2. The molecule has 4 aromatic rings. The fourth-order valence-electron chi connectivity index (χ4n) is 5.14. The highest BCUT2D eigenvalue weighted by molar-refractivity contribution is 7.22. The van der Waals surface area contributed by atoms with Gasteiger partial charge in [-0.3, -0.25) is 9.59 Å². The van der Waals surface area contributed by atoms with Crippen LogP contribution in [0.5, 0.6) is 28.7 Å². The molecule has 3 aromatic carbocycles. The van der Waals surface area contributed by atoms with Crippen LogP contribution < -0.4 is 33.9 Å². The van der Waals surface area contributed by atoms with Crippen LogP contribution in [0.3, 0.4) is 0 Å². The van der Waals surface area contributed by atoms with Gasteiger partial charge in [0.25, 0.3) is 0 Å². The number of carbonyl (C=O) groups is 2. The molecule has 2 unspecified atom stereocenters. The Labute approximate surface area is 241 Å². The minimum absolute atomic E-state index is 0.128. The summed E-state index contributed by atoms with van der Waals surface area (Å²) < 4.78 is 28.2. The van der Waals surface area contributed by atoms with Gasteiger partial charge in [-0.2, -0.15) is 0 Å². The number of hydrogen-bond acceptors (Lipinski definition) is 9. The molecule has 10 nitrogen and oxygen atoms in total. The lowest BCUT2D eigenvalue weighted by Gasteiger charge is -2.41. The molecule has 1 N–H and O–H groups in total. The number of nitrogens with zero attached hydrogens (tertiary/aromatic N) is 2. The number of methoxy groups -OCH3 is 5. The lowest BCUT2D eigenvalue weighted by atomic mass is 9.83. The second kappa shape index (κ2) is 11.9. The smallest absolute Gasteiger partial charge is 0.231 e. The number of ether oxygens (including phenoxy) is 5. The standard InChI is InChI=1S/C30H31N3O7S/c1-36-19-8-6-17(7-9-19)27-21(29(35)32-30-31-22-12-10-20(37-2)16-25(22)41-30)11-13-26(34)33(27)18-14-23(38-3)28(40-5)24(15-18)39-4/h6-10,12,14-16,21,27H,11,13H2,1-5H3,(H,31,32,35). The van der Waals surface area contributed by atoms with Gasteiger partial charge in [-0.05, 0) is 42.3 Å². The summed E-state index contributed by atoms with van der Waals surface area (Å²) in [6.45, 7) is 0. The molecular formula is C30H31N3O7S. The van der Waals surface area contributed by atoms with E-state index in [0.29, 0.717) is 46.0 Å². The number of piperidine rings is 1. The number of benzene rings is 3. The molecule has 0 saturated carbocycles. The molecule has 5 rings (SSSR count). The van der Waals surface area contributed by atoms with Gasteiger partial charge >= 0.3 is 0 Å². The van der Waals surface area contributed by atoms with E-state index in [1.54, 1.807) is 31.3 Å². The second-order valence-corrected chi connectivity index (χ2v) is 10.4. The van der Waals surface area contributed by atoms with E-state index in [2.05, 4.69) is 10.3 Å². The molecule has 1 aromatic heterocycles. The maximum Gasteiger partial charge on any atom is 0.231 e. The first kappa shape index (κ1) is 28.0. The summed E-state index contributed by atoms with van der Waals surface area (Å²) in [6.07, 6.45) is 0.541. The van der Waals surface area contributed by atoms with Crippen molar-refractivity contribution in [3.05, 3.63) is 60.2 Å². The van der Waals surface area contributed by atoms with Crippen molar-refractivity contribution in [2.45, 2.75) is 18.9 Å². The van der Waals surface area contributed by atoms with Crippen LogP contribution in [0.1, 0.15) is 24.4 Å². The van der Waals surface area contributed by atoms with Crippen molar-refractivity contribution in [2.75, 3.05) is 45.8 Å². The molecule has 0 spiro atoms. The number of anilines is 2. The SMILES string of the molecule is COc1ccc(C2C(C(=O)Nc3nc4ccc(OC)cc4s3)CCC(=O)N2c2cc(OC)c(OC)c(OC)c2)cc1. The predicted molar refractivity (Wildman–Crippen MR) is 157 cm³/mol. The van der Waals surface area contributed by atoms with E-state index in [-0.39, 0.29) is 18.2 Å². The van der Waals surface area contributed by atoms with Gasteiger partial charge in [0.2, 0.25) is 17.6 Å². The lowest BCUT2D eigenvalue weighted by molar-refractivity contribution is -0.125. The fraction of sp³-hybridized carbons (Fsp3) is 0.300. The summed E-state index contributed by atoms with van der Waals surface area (Å²) in [5, 5.41) is 3.48. The van der Waals surface area contributed by atoms with Crippen molar-refractivity contribution in [3.63, 3.8) is 0 Å². The molecule has 0 radical (unpaired) electrons. The lowest BCUT2D eigenvalue weighted by Crippen LogP contribution is -2.47. The van der Waals surface area contributed by atoms with Gasteiger partial charge in [0.15, 0.2) is 16.6 Å². The number of thiazole rings is 1. The Hall–Kier alpha value is -4.51. The topological polar surface area (TPSA) is 108 Å². The van der Waals surface area contributed by atoms with E-state index in [9.17, 15) is 9.59 Å². The number of amides is 2. The van der Waals surface area contributed by atoms with Crippen LogP contribution in [-0.2, 0) is 9.59 Å². The van der Waals surface area contributed by atoms with E-state index >= 15 is 0 Å². The third-order valence-electron chi connectivity index (χ3n) is 7.14.